The quantitative estimate of drug-likeness (QED) is 0.794. The number of carbonyl (C=O) groups is 2. The molecule has 1 atom stereocenters. The van der Waals surface area contributed by atoms with Gasteiger partial charge in [-0.15, -0.1) is 0 Å². The molecule has 0 aliphatic rings. The predicted molar refractivity (Wildman–Crippen MR) is 90.9 cm³/mol. The van der Waals surface area contributed by atoms with Gasteiger partial charge in [-0.25, -0.2) is 14.5 Å². The number of carbonyl (C=O) groups excluding carboxylic acids is 2. The van der Waals surface area contributed by atoms with Crippen molar-refractivity contribution in [2.75, 3.05) is 5.32 Å². The topological polar surface area (TPSA) is 101 Å². The minimum absolute atomic E-state index is 0.237. The molecule has 0 spiro atoms. The highest BCUT2D eigenvalue weighted by Crippen LogP contribution is 2.12. The van der Waals surface area contributed by atoms with Gasteiger partial charge in [0.15, 0.2) is 0 Å². The molecule has 2 rings (SSSR count). The lowest BCUT2D eigenvalue weighted by Crippen LogP contribution is -2.51. The zero-order chi connectivity index (χ0) is 17.7. The molecule has 24 heavy (non-hydrogen) atoms. The maximum atomic E-state index is 12.0. The monoisotopic (exact) mass is 330 g/mol. The lowest BCUT2D eigenvalue weighted by molar-refractivity contribution is -0.123. The van der Waals surface area contributed by atoms with Gasteiger partial charge in [0.25, 0.3) is 0 Å². The van der Waals surface area contributed by atoms with Crippen LogP contribution in [0.4, 0.5) is 10.5 Å². The highest BCUT2D eigenvalue weighted by molar-refractivity contribution is 5.93. The third kappa shape index (κ3) is 5.08. The van der Waals surface area contributed by atoms with E-state index < -0.39 is 12.1 Å². The van der Waals surface area contributed by atoms with Gasteiger partial charge in [0.05, 0.1) is 5.69 Å². The first-order valence-corrected chi connectivity index (χ1v) is 7.59. The van der Waals surface area contributed by atoms with E-state index in [1.165, 1.54) is 6.33 Å². The van der Waals surface area contributed by atoms with E-state index in [-0.39, 0.29) is 11.4 Å². The van der Waals surface area contributed by atoms with Crippen molar-refractivity contribution in [2.24, 2.45) is 0 Å². The first-order valence-electron chi connectivity index (χ1n) is 7.59. The van der Waals surface area contributed by atoms with Crippen molar-refractivity contribution in [3.63, 3.8) is 0 Å². The Balaban J connectivity index is 1.89. The lowest BCUT2D eigenvalue weighted by atomic mass is 10.1. The molecule has 0 saturated heterocycles. The zero-order valence-corrected chi connectivity index (χ0v) is 14.2. The summed E-state index contributed by atoms with van der Waals surface area (Å²) in [5.74, 6) is -0.237. The van der Waals surface area contributed by atoms with E-state index in [1.54, 1.807) is 42.2 Å². The largest absolute Gasteiger partial charge is 0.350 e. The Morgan fingerprint density at radius 2 is 1.83 bits per heavy atom. The molecule has 0 aliphatic heterocycles. The van der Waals surface area contributed by atoms with Crippen molar-refractivity contribution >= 4 is 17.6 Å². The summed E-state index contributed by atoms with van der Waals surface area (Å²) in [5, 5.41) is 12.1. The van der Waals surface area contributed by atoms with Gasteiger partial charge in [0.2, 0.25) is 5.91 Å². The van der Waals surface area contributed by atoms with E-state index >= 15 is 0 Å². The third-order valence-electron chi connectivity index (χ3n) is 3.05. The zero-order valence-electron chi connectivity index (χ0n) is 14.2. The number of hydrogen-bond acceptors (Lipinski definition) is 4. The summed E-state index contributed by atoms with van der Waals surface area (Å²) < 4.78 is 1.61. The lowest BCUT2D eigenvalue weighted by Gasteiger charge is -2.23. The van der Waals surface area contributed by atoms with E-state index in [9.17, 15) is 9.59 Å². The molecule has 0 radical (unpaired) electrons. The predicted octanol–water partition coefficient (Wildman–Crippen LogP) is 1.69. The molecular weight excluding hydrogens is 308 g/mol. The highest BCUT2D eigenvalue weighted by Gasteiger charge is 2.20. The first-order chi connectivity index (χ1) is 11.2. The van der Waals surface area contributed by atoms with Gasteiger partial charge in [0.1, 0.15) is 18.7 Å². The molecule has 1 aromatic carbocycles. The average molecular weight is 330 g/mol. The summed E-state index contributed by atoms with van der Waals surface area (Å²) in [4.78, 5) is 27.8. The van der Waals surface area contributed by atoms with E-state index in [4.69, 9.17) is 0 Å². The van der Waals surface area contributed by atoms with Crippen molar-refractivity contribution in [1.82, 2.24) is 25.4 Å². The summed E-state index contributed by atoms with van der Waals surface area (Å²) in [6, 6.07) is 6.02. The van der Waals surface area contributed by atoms with Crippen LogP contribution in [0.2, 0.25) is 0 Å². The smallest absolute Gasteiger partial charge is 0.319 e. The van der Waals surface area contributed by atoms with Crippen LogP contribution in [0.5, 0.6) is 0 Å². The Bertz CT molecular complexity index is 688. The number of urea groups is 1. The number of aromatic nitrogens is 3. The van der Waals surface area contributed by atoms with E-state index in [1.807, 2.05) is 20.8 Å². The number of rotatable bonds is 4. The molecule has 3 amide bonds. The Morgan fingerprint density at radius 3 is 2.38 bits per heavy atom. The second-order valence-corrected chi connectivity index (χ2v) is 6.45. The van der Waals surface area contributed by atoms with Crippen LogP contribution in [-0.2, 0) is 4.79 Å². The number of hydrogen-bond donors (Lipinski definition) is 3. The van der Waals surface area contributed by atoms with Crippen LogP contribution in [0.1, 0.15) is 27.7 Å². The molecule has 1 heterocycles. The minimum Gasteiger partial charge on any atom is -0.350 e. The van der Waals surface area contributed by atoms with Gasteiger partial charge in [-0.05, 0) is 52.0 Å². The Labute approximate surface area is 140 Å². The molecule has 1 unspecified atom stereocenters. The summed E-state index contributed by atoms with van der Waals surface area (Å²) >= 11 is 0. The molecule has 0 aliphatic carbocycles. The van der Waals surface area contributed by atoms with Gasteiger partial charge < -0.3 is 16.0 Å². The third-order valence-corrected chi connectivity index (χ3v) is 3.05. The Hall–Kier alpha value is -2.90. The molecule has 0 fully saturated rings. The van der Waals surface area contributed by atoms with E-state index in [2.05, 4.69) is 26.0 Å². The minimum atomic E-state index is -0.640. The van der Waals surface area contributed by atoms with E-state index in [0.29, 0.717) is 5.69 Å². The van der Waals surface area contributed by atoms with Crippen LogP contribution in [0.15, 0.2) is 36.9 Å². The Morgan fingerprint density at radius 1 is 1.17 bits per heavy atom. The van der Waals surface area contributed by atoms with Crippen molar-refractivity contribution in [1.29, 1.82) is 0 Å². The molecule has 0 bridgehead atoms. The summed E-state index contributed by atoms with van der Waals surface area (Å²) in [5.41, 5.74) is 1.09. The standard InChI is InChI=1S/C16H22N6O2/c1-11(14(23)21-16(2,3)4)19-15(24)20-12-5-7-13(8-6-12)22-10-17-9-18-22/h5-11H,1-4H3,(H,21,23)(H2,19,20,24). The number of nitrogens with zero attached hydrogens (tertiary/aromatic N) is 3. The number of benzene rings is 1. The fraction of sp³-hybridized carbons (Fsp3) is 0.375. The number of anilines is 1. The van der Waals surface area contributed by atoms with Crippen molar-refractivity contribution in [3.8, 4) is 5.69 Å². The molecule has 8 heteroatoms. The number of amides is 3. The van der Waals surface area contributed by atoms with Crippen molar-refractivity contribution in [2.45, 2.75) is 39.3 Å². The van der Waals surface area contributed by atoms with Gasteiger partial charge in [-0.1, -0.05) is 0 Å². The maximum Gasteiger partial charge on any atom is 0.319 e. The fourth-order valence-electron chi connectivity index (χ4n) is 1.95. The van der Waals surface area contributed by atoms with E-state index in [0.717, 1.165) is 5.69 Å². The molecule has 128 valence electrons. The van der Waals surface area contributed by atoms with Crippen LogP contribution in [-0.4, -0.2) is 38.3 Å². The Kier molecular flexibility index (Phi) is 5.18. The fourth-order valence-corrected chi connectivity index (χ4v) is 1.95. The SMILES string of the molecule is CC(NC(=O)Nc1ccc(-n2cncn2)cc1)C(=O)NC(C)(C)C. The molecular formula is C16H22N6O2. The molecule has 3 N–H and O–H groups in total. The van der Waals surface area contributed by atoms with Gasteiger partial charge >= 0.3 is 6.03 Å². The second kappa shape index (κ2) is 7.12. The van der Waals surface area contributed by atoms with Crippen LogP contribution in [0, 0.1) is 0 Å². The summed E-state index contributed by atoms with van der Waals surface area (Å²) in [6.45, 7) is 7.28. The normalized spacial score (nSPS) is 12.3. The summed E-state index contributed by atoms with van der Waals surface area (Å²) in [6.07, 6.45) is 3.04. The van der Waals surface area contributed by atoms with Gasteiger partial charge in [-0.2, -0.15) is 5.10 Å². The van der Waals surface area contributed by atoms with Crippen LogP contribution < -0.4 is 16.0 Å². The average Bonchev–Trinajstić information content (AvgIpc) is 3.00. The molecule has 1 aromatic heterocycles. The molecule has 0 saturated carbocycles. The molecule has 8 nitrogen and oxygen atoms in total. The summed E-state index contributed by atoms with van der Waals surface area (Å²) in [7, 11) is 0. The highest BCUT2D eigenvalue weighted by atomic mass is 16.2. The van der Waals surface area contributed by atoms with Crippen molar-refractivity contribution in [3.05, 3.63) is 36.9 Å². The van der Waals surface area contributed by atoms with Crippen molar-refractivity contribution < 1.29 is 9.59 Å². The van der Waals surface area contributed by atoms with Crippen LogP contribution in [0.25, 0.3) is 5.69 Å². The van der Waals surface area contributed by atoms with Crippen LogP contribution >= 0.6 is 0 Å². The molecule has 2 aromatic rings. The second-order valence-electron chi connectivity index (χ2n) is 6.45. The maximum absolute atomic E-state index is 12.0. The van der Waals surface area contributed by atoms with Gasteiger partial charge in [0, 0.05) is 11.2 Å². The first kappa shape index (κ1) is 17.5. The van der Waals surface area contributed by atoms with Crippen LogP contribution in [0.3, 0.4) is 0 Å². The van der Waals surface area contributed by atoms with Gasteiger partial charge in [-0.3, -0.25) is 4.79 Å². The number of nitrogens with one attached hydrogen (secondary N) is 3.